The minimum atomic E-state index is 0.126. The molecular weight excluding hydrogens is 302 g/mol. The third-order valence-corrected chi connectivity index (χ3v) is 6.35. The van der Waals surface area contributed by atoms with E-state index in [-0.39, 0.29) is 5.54 Å². The monoisotopic (exact) mass is 337 g/mol. The highest BCUT2D eigenvalue weighted by atomic mass is 16.5. The van der Waals surface area contributed by atoms with Crippen molar-refractivity contribution in [3.8, 4) is 0 Å². The summed E-state index contributed by atoms with van der Waals surface area (Å²) in [5.74, 6) is 1.14. The number of morpholine rings is 1. The Labute approximate surface area is 147 Å². The zero-order valence-corrected chi connectivity index (χ0v) is 15.4. The van der Waals surface area contributed by atoms with Crippen molar-refractivity contribution in [3.05, 3.63) is 0 Å². The van der Waals surface area contributed by atoms with Gasteiger partial charge in [0.15, 0.2) is 0 Å². The van der Waals surface area contributed by atoms with Gasteiger partial charge in [-0.2, -0.15) is 0 Å². The van der Waals surface area contributed by atoms with E-state index < -0.39 is 0 Å². The number of hydrogen-bond acceptors (Lipinski definition) is 4. The number of carbonyl (C=O) groups is 1. The third-order valence-electron chi connectivity index (χ3n) is 6.35. The molecule has 1 saturated carbocycles. The number of hydrogen-bond donors (Lipinski definition) is 1. The van der Waals surface area contributed by atoms with Gasteiger partial charge in [0.2, 0.25) is 5.91 Å². The fourth-order valence-electron chi connectivity index (χ4n) is 4.80. The predicted octanol–water partition coefficient (Wildman–Crippen LogP) is 1.87. The summed E-state index contributed by atoms with van der Waals surface area (Å²) in [7, 11) is 0. The van der Waals surface area contributed by atoms with Gasteiger partial charge in [-0.15, -0.1) is 0 Å². The highest BCUT2D eigenvalue weighted by molar-refractivity contribution is 5.77. The van der Waals surface area contributed by atoms with Crippen molar-refractivity contribution in [1.82, 2.24) is 15.1 Å². The van der Waals surface area contributed by atoms with E-state index in [1.54, 1.807) is 0 Å². The van der Waals surface area contributed by atoms with Crippen LogP contribution in [0.2, 0.25) is 0 Å². The van der Waals surface area contributed by atoms with Crippen LogP contribution in [0.3, 0.4) is 0 Å². The van der Waals surface area contributed by atoms with Gasteiger partial charge in [0.1, 0.15) is 0 Å². The number of carbonyl (C=O) groups excluding carboxylic acids is 1. The number of rotatable bonds is 6. The Morgan fingerprint density at radius 1 is 1.12 bits per heavy atom. The lowest BCUT2D eigenvalue weighted by Gasteiger charge is -2.44. The van der Waals surface area contributed by atoms with E-state index >= 15 is 0 Å². The van der Waals surface area contributed by atoms with E-state index in [1.807, 2.05) is 0 Å². The molecule has 0 atom stereocenters. The summed E-state index contributed by atoms with van der Waals surface area (Å²) >= 11 is 0. The van der Waals surface area contributed by atoms with Gasteiger partial charge < -0.3 is 15.0 Å². The lowest BCUT2D eigenvalue weighted by atomic mass is 9.88. The maximum atomic E-state index is 13.0. The first-order chi connectivity index (χ1) is 11.7. The first kappa shape index (κ1) is 18.2. The molecule has 24 heavy (non-hydrogen) atoms. The van der Waals surface area contributed by atoms with E-state index in [0.717, 1.165) is 77.7 Å². The Morgan fingerprint density at radius 3 is 2.42 bits per heavy atom. The molecule has 3 aliphatic rings. The van der Waals surface area contributed by atoms with Crippen molar-refractivity contribution in [2.24, 2.45) is 5.92 Å². The molecule has 0 aromatic carbocycles. The van der Waals surface area contributed by atoms with E-state index in [0.29, 0.717) is 5.91 Å². The van der Waals surface area contributed by atoms with Gasteiger partial charge in [-0.25, -0.2) is 0 Å². The Kier molecular flexibility index (Phi) is 6.53. The molecule has 3 fully saturated rings. The van der Waals surface area contributed by atoms with Crippen LogP contribution in [0.5, 0.6) is 0 Å². The SMILES string of the molecule is CCNCC1CCN(C(=O)CC2(N3CCOCC3)CCCC2)CC1. The summed E-state index contributed by atoms with van der Waals surface area (Å²) in [5, 5.41) is 3.45. The average Bonchev–Trinajstić information content (AvgIpc) is 3.11. The van der Waals surface area contributed by atoms with Gasteiger partial charge in [-0.3, -0.25) is 9.69 Å². The van der Waals surface area contributed by atoms with Crippen molar-refractivity contribution < 1.29 is 9.53 Å². The second-order valence-electron chi connectivity index (χ2n) is 7.84. The molecular formula is C19H35N3O2. The predicted molar refractivity (Wildman–Crippen MR) is 96.1 cm³/mol. The normalized spacial score (nSPS) is 26.0. The summed E-state index contributed by atoms with van der Waals surface area (Å²) in [5.41, 5.74) is 0.126. The third kappa shape index (κ3) is 4.30. The van der Waals surface area contributed by atoms with Crippen LogP contribution in [0.15, 0.2) is 0 Å². The molecule has 5 heteroatoms. The lowest BCUT2D eigenvalue weighted by molar-refractivity contribution is -0.137. The Morgan fingerprint density at radius 2 is 1.79 bits per heavy atom. The minimum Gasteiger partial charge on any atom is -0.379 e. The van der Waals surface area contributed by atoms with Crippen molar-refractivity contribution >= 4 is 5.91 Å². The molecule has 5 nitrogen and oxygen atoms in total. The smallest absolute Gasteiger partial charge is 0.224 e. The number of likely N-dealkylation sites (tertiary alicyclic amines) is 1. The molecule has 1 amide bonds. The van der Waals surface area contributed by atoms with Gasteiger partial charge in [-0.1, -0.05) is 19.8 Å². The van der Waals surface area contributed by atoms with Crippen LogP contribution in [0.25, 0.3) is 0 Å². The van der Waals surface area contributed by atoms with E-state index in [2.05, 4.69) is 22.0 Å². The first-order valence-electron chi connectivity index (χ1n) is 10.0. The van der Waals surface area contributed by atoms with Crippen LogP contribution < -0.4 is 5.32 Å². The topological polar surface area (TPSA) is 44.8 Å². The molecule has 0 aromatic rings. The van der Waals surface area contributed by atoms with Crippen LogP contribution in [-0.4, -0.2) is 73.7 Å². The molecule has 0 spiro atoms. The van der Waals surface area contributed by atoms with Crippen LogP contribution in [0.1, 0.15) is 51.9 Å². The number of nitrogens with zero attached hydrogens (tertiary/aromatic N) is 2. The zero-order chi connectivity index (χ0) is 16.8. The van der Waals surface area contributed by atoms with Gasteiger partial charge in [0.25, 0.3) is 0 Å². The Bertz CT molecular complexity index is 395. The minimum absolute atomic E-state index is 0.126. The molecule has 1 aliphatic carbocycles. The van der Waals surface area contributed by atoms with Crippen LogP contribution in [-0.2, 0) is 9.53 Å². The quantitative estimate of drug-likeness (QED) is 0.804. The molecule has 0 aromatic heterocycles. The highest BCUT2D eigenvalue weighted by Crippen LogP contribution is 2.39. The van der Waals surface area contributed by atoms with Crippen molar-refractivity contribution in [3.63, 3.8) is 0 Å². The van der Waals surface area contributed by atoms with Crippen molar-refractivity contribution in [2.75, 3.05) is 52.5 Å². The summed E-state index contributed by atoms with van der Waals surface area (Å²) in [4.78, 5) is 17.7. The molecule has 138 valence electrons. The fourth-order valence-corrected chi connectivity index (χ4v) is 4.80. The van der Waals surface area contributed by atoms with E-state index in [1.165, 1.54) is 25.7 Å². The number of amides is 1. The van der Waals surface area contributed by atoms with E-state index in [4.69, 9.17) is 4.74 Å². The molecule has 0 unspecified atom stereocenters. The standard InChI is InChI=1S/C19H35N3O2/c1-2-20-16-17-5-9-21(10-6-17)18(23)15-19(7-3-4-8-19)22-11-13-24-14-12-22/h17,20H,2-16H2,1H3. The number of nitrogens with one attached hydrogen (secondary N) is 1. The number of piperidine rings is 1. The Hall–Kier alpha value is -0.650. The van der Waals surface area contributed by atoms with Crippen LogP contribution in [0.4, 0.5) is 0 Å². The summed E-state index contributed by atoms with van der Waals surface area (Å²) in [6.07, 6.45) is 7.97. The summed E-state index contributed by atoms with van der Waals surface area (Å²) in [6, 6.07) is 0. The second kappa shape index (κ2) is 8.63. The molecule has 2 aliphatic heterocycles. The molecule has 1 N–H and O–H groups in total. The maximum Gasteiger partial charge on any atom is 0.224 e. The molecule has 2 saturated heterocycles. The van der Waals surface area contributed by atoms with Gasteiger partial charge in [-0.05, 0) is 44.7 Å². The largest absolute Gasteiger partial charge is 0.379 e. The summed E-state index contributed by atoms with van der Waals surface area (Å²) < 4.78 is 5.53. The average molecular weight is 338 g/mol. The number of ether oxygens (including phenoxy) is 1. The molecule has 0 bridgehead atoms. The Balaban J connectivity index is 1.53. The van der Waals surface area contributed by atoms with Gasteiger partial charge in [0.05, 0.1) is 13.2 Å². The van der Waals surface area contributed by atoms with Crippen molar-refractivity contribution in [1.29, 1.82) is 0 Å². The van der Waals surface area contributed by atoms with Gasteiger partial charge >= 0.3 is 0 Å². The molecule has 0 radical (unpaired) electrons. The van der Waals surface area contributed by atoms with Crippen LogP contribution in [0, 0.1) is 5.92 Å². The highest BCUT2D eigenvalue weighted by Gasteiger charge is 2.42. The lowest BCUT2D eigenvalue weighted by Crippen LogP contribution is -2.54. The van der Waals surface area contributed by atoms with Crippen molar-refractivity contribution in [2.45, 2.75) is 57.4 Å². The molecule has 3 rings (SSSR count). The van der Waals surface area contributed by atoms with Gasteiger partial charge in [0, 0.05) is 38.1 Å². The van der Waals surface area contributed by atoms with E-state index in [9.17, 15) is 4.79 Å². The second-order valence-corrected chi connectivity index (χ2v) is 7.84. The molecule has 2 heterocycles. The van der Waals surface area contributed by atoms with Crippen LogP contribution >= 0.6 is 0 Å². The fraction of sp³-hybridized carbons (Fsp3) is 0.947. The maximum absolute atomic E-state index is 13.0. The first-order valence-corrected chi connectivity index (χ1v) is 10.0. The summed E-state index contributed by atoms with van der Waals surface area (Å²) in [6.45, 7) is 9.86. The zero-order valence-electron chi connectivity index (χ0n) is 15.4.